The minimum absolute atomic E-state index is 0.0569. The predicted molar refractivity (Wildman–Crippen MR) is 41.3 cm³/mol. The Bertz CT molecular complexity index is 139. The number of nitrogens with one attached hydrogen (secondary N) is 3. The summed E-state index contributed by atoms with van der Waals surface area (Å²) in [4.78, 5) is 4.64. The fourth-order valence-corrected chi connectivity index (χ4v) is 0.890. The van der Waals surface area contributed by atoms with E-state index in [0.29, 0.717) is 0 Å². The zero-order valence-corrected chi connectivity index (χ0v) is 6.68. The number of unbranched alkanes of at least 4 members (excludes halogenated alkanes) is 2. The van der Waals surface area contributed by atoms with E-state index < -0.39 is 0 Å². The Kier molecular flexibility index (Phi) is 3.13. The molecule has 1 fully saturated rings. The van der Waals surface area contributed by atoms with Gasteiger partial charge in [0.1, 0.15) is 0 Å². The fraction of sp³-hybridized carbons (Fsp3) is 0.833. The largest absolute Gasteiger partial charge is 0.353 e. The van der Waals surface area contributed by atoms with Crippen molar-refractivity contribution in [2.75, 3.05) is 6.54 Å². The van der Waals surface area contributed by atoms with Crippen LogP contribution in [-0.4, -0.2) is 17.7 Å². The highest BCUT2D eigenvalue weighted by molar-refractivity contribution is 5.69. The van der Waals surface area contributed by atoms with Crippen LogP contribution in [-0.2, 0) is 4.84 Å². The van der Waals surface area contributed by atoms with Crippen LogP contribution in [0.25, 0.3) is 0 Å². The van der Waals surface area contributed by atoms with Crippen molar-refractivity contribution in [1.29, 1.82) is 5.41 Å². The van der Waals surface area contributed by atoms with Gasteiger partial charge in [0.25, 0.3) is 0 Å². The lowest BCUT2D eigenvalue weighted by molar-refractivity contribution is 0.0343. The van der Waals surface area contributed by atoms with E-state index in [1.807, 2.05) is 0 Å². The predicted octanol–water partition coefficient (Wildman–Crippen LogP) is 0.368. The lowest BCUT2D eigenvalue weighted by Gasteiger charge is -2.10. The summed E-state index contributed by atoms with van der Waals surface area (Å²) in [5.41, 5.74) is 5.26. The fourth-order valence-electron chi connectivity index (χ4n) is 0.890. The molecule has 0 unspecified atom stereocenters. The third-order valence-corrected chi connectivity index (χ3v) is 1.48. The second kappa shape index (κ2) is 4.15. The molecule has 1 heterocycles. The number of nitrogens with zero attached hydrogens (tertiary/aromatic N) is 1. The first-order valence-corrected chi connectivity index (χ1v) is 3.88. The Labute approximate surface area is 66.1 Å². The minimum Gasteiger partial charge on any atom is -0.353 e. The lowest BCUT2D eigenvalue weighted by Crippen LogP contribution is -2.39. The second-order valence-corrected chi connectivity index (χ2v) is 2.49. The van der Waals surface area contributed by atoms with Crippen molar-refractivity contribution in [1.82, 2.24) is 16.1 Å². The third kappa shape index (κ3) is 2.73. The van der Waals surface area contributed by atoms with Gasteiger partial charge in [-0.25, -0.2) is 5.41 Å². The molecule has 11 heavy (non-hydrogen) atoms. The standard InChI is InChI=1S/C6H14N4O/c1-2-3-4-5-10-8-6(7)11-9-10/h9H,2-5H2,1H3,(H2,7,8). The summed E-state index contributed by atoms with van der Waals surface area (Å²) in [5.74, 6) is 0. The van der Waals surface area contributed by atoms with Crippen molar-refractivity contribution >= 4 is 6.02 Å². The van der Waals surface area contributed by atoms with Crippen LogP contribution in [0.3, 0.4) is 0 Å². The Morgan fingerprint density at radius 3 is 2.91 bits per heavy atom. The maximum Gasteiger partial charge on any atom is 0.319 e. The molecule has 5 nitrogen and oxygen atoms in total. The van der Waals surface area contributed by atoms with Gasteiger partial charge in [0.2, 0.25) is 0 Å². The van der Waals surface area contributed by atoms with Crippen molar-refractivity contribution in [3.8, 4) is 0 Å². The Morgan fingerprint density at radius 1 is 1.55 bits per heavy atom. The van der Waals surface area contributed by atoms with Gasteiger partial charge in [0.15, 0.2) is 0 Å². The summed E-state index contributed by atoms with van der Waals surface area (Å²) in [6, 6.07) is 0.0569. The lowest BCUT2D eigenvalue weighted by atomic mass is 10.2. The van der Waals surface area contributed by atoms with Crippen LogP contribution >= 0.6 is 0 Å². The van der Waals surface area contributed by atoms with Gasteiger partial charge >= 0.3 is 6.02 Å². The number of rotatable bonds is 4. The second-order valence-electron chi connectivity index (χ2n) is 2.49. The molecule has 64 valence electrons. The molecule has 0 amide bonds. The molecule has 0 bridgehead atoms. The summed E-state index contributed by atoms with van der Waals surface area (Å²) in [5, 5.41) is 8.69. The van der Waals surface area contributed by atoms with Crippen LogP contribution in [0.1, 0.15) is 26.2 Å². The summed E-state index contributed by atoms with van der Waals surface area (Å²) in [6.45, 7) is 3.01. The van der Waals surface area contributed by atoms with Crippen LogP contribution in [0.15, 0.2) is 0 Å². The van der Waals surface area contributed by atoms with Crippen LogP contribution in [0.4, 0.5) is 0 Å². The highest BCUT2D eigenvalue weighted by Gasteiger charge is 2.14. The molecule has 0 spiro atoms. The molecule has 0 aromatic heterocycles. The van der Waals surface area contributed by atoms with Gasteiger partial charge in [-0.15, -0.1) is 5.12 Å². The number of hydrogen-bond donors (Lipinski definition) is 3. The smallest absolute Gasteiger partial charge is 0.319 e. The van der Waals surface area contributed by atoms with E-state index >= 15 is 0 Å². The van der Waals surface area contributed by atoms with Crippen molar-refractivity contribution in [3.63, 3.8) is 0 Å². The molecule has 5 heteroatoms. The number of hydrazine groups is 2. The zero-order valence-electron chi connectivity index (χ0n) is 6.68. The Balaban J connectivity index is 2.04. The molecule has 0 atom stereocenters. The third-order valence-electron chi connectivity index (χ3n) is 1.48. The summed E-state index contributed by atoms with van der Waals surface area (Å²) in [7, 11) is 0. The van der Waals surface area contributed by atoms with Crippen molar-refractivity contribution in [2.24, 2.45) is 0 Å². The van der Waals surface area contributed by atoms with Gasteiger partial charge in [0, 0.05) is 6.54 Å². The number of hydrogen-bond acceptors (Lipinski definition) is 4. The average Bonchev–Trinajstić information content (AvgIpc) is 2.37. The first kappa shape index (κ1) is 8.29. The van der Waals surface area contributed by atoms with Gasteiger partial charge in [0.05, 0.1) is 0 Å². The van der Waals surface area contributed by atoms with E-state index in [9.17, 15) is 0 Å². The average molecular weight is 158 g/mol. The summed E-state index contributed by atoms with van der Waals surface area (Å²) < 4.78 is 0. The van der Waals surface area contributed by atoms with Crippen LogP contribution in [0.5, 0.6) is 0 Å². The molecule has 0 aromatic rings. The van der Waals surface area contributed by atoms with Gasteiger partial charge in [-0.3, -0.25) is 5.43 Å². The number of amidine groups is 1. The zero-order chi connectivity index (χ0) is 8.10. The highest BCUT2D eigenvalue weighted by atomic mass is 16.7. The van der Waals surface area contributed by atoms with Crippen LogP contribution < -0.4 is 11.0 Å². The Hall–Kier alpha value is -0.810. The van der Waals surface area contributed by atoms with Gasteiger partial charge in [-0.2, -0.15) is 0 Å². The molecule has 3 N–H and O–H groups in total. The quantitative estimate of drug-likeness (QED) is 0.517. The van der Waals surface area contributed by atoms with Crippen molar-refractivity contribution < 1.29 is 4.84 Å². The first-order chi connectivity index (χ1) is 5.33. The van der Waals surface area contributed by atoms with Gasteiger partial charge < -0.3 is 4.84 Å². The SMILES string of the molecule is CCCCCN1NOC(=N)N1. The van der Waals surface area contributed by atoms with E-state index in [0.717, 1.165) is 13.0 Å². The molecular formula is C6H14N4O. The topological polar surface area (TPSA) is 60.4 Å². The normalized spacial score (nSPS) is 18.1. The molecule has 0 radical (unpaired) electrons. The summed E-state index contributed by atoms with van der Waals surface area (Å²) in [6.07, 6.45) is 3.51. The monoisotopic (exact) mass is 158 g/mol. The Morgan fingerprint density at radius 2 is 2.36 bits per heavy atom. The van der Waals surface area contributed by atoms with E-state index in [1.165, 1.54) is 12.8 Å². The minimum atomic E-state index is 0.0569. The highest BCUT2D eigenvalue weighted by Crippen LogP contribution is 1.96. The van der Waals surface area contributed by atoms with Gasteiger partial charge in [-0.1, -0.05) is 25.4 Å². The molecule has 1 rings (SSSR count). The maximum absolute atomic E-state index is 7.02. The van der Waals surface area contributed by atoms with E-state index in [4.69, 9.17) is 5.41 Å². The molecular weight excluding hydrogens is 144 g/mol. The molecule has 1 saturated heterocycles. The molecule has 0 aliphatic carbocycles. The van der Waals surface area contributed by atoms with Crippen LogP contribution in [0, 0.1) is 5.41 Å². The van der Waals surface area contributed by atoms with E-state index in [-0.39, 0.29) is 6.02 Å². The van der Waals surface area contributed by atoms with Crippen molar-refractivity contribution in [3.05, 3.63) is 0 Å². The van der Waals surface area contributed by atoms with E-state index in [1.54, 1.807) is 5.12 Å². The molecule has 1 aliphatic heterocycles. The molecule has 0 saturated carbocycles. The molecule has 0 aromatic carbocycles. The summed E-state index contributed by atoms with van der Waals surface area (Å²) >= 11 is 0. The van der Waals surface area contributed by atoms with E-state index in [2.05, 4.69) is 22.8 Å². The molecule has 1 aliphatic rings. The van der Waals surface area contributed by atoms with Crippen molar-refractivity contribution in [2.45, 2.75) is 26.2 Å². The maximum atomic E-state index is 7.02. The van der Waals surface area contributed by atoms with Crippen LogP contribution in [0.2, 0.25) is 0 Å². The first-order valence-electron chi connectivity index (χ1n) is 3.88. The van der Waals surface area contributed by atoms with Gasteiger partial charge in [-0.05, 0) is 6.42 Å².